The number of hydrogen-bond donors (Lipinski definition) is 0. The molecule has 0 spiro atoms. The van der Waals surface area contributed by atoms with Gasteiger partial charge in [0, 0.05) is 7.05 Å². The van der Waals surface area contributed by atoms with Gasteiger partial charge in [-0.05, 0) is 5.56 Å². The molecule has 0 fully saturated rings. The second-order valence-electron chi connectivity index (χ2n) is 2.28. The summed E-state index contributed by atoms with van der Waals surface area (Å²) in [7, 11) is 1.60. The zero-order valence-electron chi connectivity index (χ0n) is 6.81. The van der Waals surface area contributed by atoms with E-state index in [1.165, 1.54) is 5.01 Å². The van der Waals surface area contributed by atoms with Gasteiger partial charge in [-0.3, -0.25) is 0 Å². The molecule has 0 heterocycles. The Bertz CT molecular complexity index is 297. The van der Waals surface area contributed by atoms with E-state index in [1.54, 1.807) is 13.3 Å². The predicted octanol–water partition coefficient (Wildman–Crippen LogP) is 1.43. The molecule has 3 nitrogen and oxygen atoms in total. The quantitative estimate of drug-likeness (QED) is 0.283. The van der Waals surface area contributed by atoms with E-state index in [9.17, 15) is 0 Å². The van der Waals surface area contributed by atoms with Crippen molar-refractivity contribution in [1.29, 1.82) is 5.26 Å². The average Bonchev–Trinajstić information content (AvgIpc) is 2.16. The fourth-order valence-electron chi connectivity index (χ4n) is 0.718. The lowest BCUT2D eigenvalue weighted by Gasteiger charge is -1.97. The van der Waals surface area contributed by atoms with Crippen LogP contribution in [0.15, 0.2) is 35.4 Å². The lowest BCUT2D eigenvalue weighted by atomic mass is 10.2. The third kappa shape index (κ3) is 2.43. The second kappa shape index (κ2) is 4.14. The second-order valence-corrected chi connectivity index (χ2v) is 2.28. The molecule has 0 aliphatic heterocycles. The monoisotopic (exact) mass is 159 g/mol. The van der Waals surface area contributed by atoms with Crippen molar-refractivity contribution >= 4 is 6.21 Å². The molecule has 0 N–H and O–H groups in total. The predicted molar refractivity (Wildman–Crippen MR) is 47.4 cm³/mol. The van der Waals surface area contributed by atoms with Crippen LogP contribution in [0.3, 0.4) is 0 Å². The maximum atomic E-state index is 8.37. The minimum Gasteiger partial charge on any atom is -0.203 e. The van der Waals surface area contributed by atoms with Crippen molar-refractivity contribution in [3.05, 3.63) is 35.9 Å². The summed E-state index contributed by atoms with van der Waals surface area (Å²) < 4.78 is 0. The summed E-state index contributed by atoms with van der Waals surface area (Å²) in [6.07, 6.45) is 3.51. The van der Waals surface area contributed by atoms with E-state index in [2.05, 4.69) is 5.10 Å². The third-order valence-electron chi connectivity index (χ3n) is 1.32. The van der Waals surface area contributed by atoms with Crippen molar-refractivity contribution in [3.63, 3.8) is 0 Å². The highest BCUT2D eigenvalue weighted by Crippen LogP contribution is 1.94. The van der Waals surface area contributed by atoms with Crippen molar-refractivity contribution in [1.82, 2.24) is 5.01 Å². The summed E-state index contributed by atoms with van der Waals surface area (Å²) in [5, 5.41) is 13.4. The van der Waals surface area contributed by atoms with E-state index < -0.39 is 0 Å². The zero-order valence-corrected chi connectivity index (χ0v) is 6.81. The van der Waals surface area contributed by atoms with Gasteiger partial charge in [0.1, 0.15) is 0 Å². The van der Waals surface area contributed by atoms with Gasteiger partial charge in [-0.15, -0.1) is 0 Å². The van der Waals surface area contributed by atoms with Crippen LogP contribution in [0.4, 0.5) is 0 Å². The molecule has 0 radical (unpaired) electrons. The highest BCUT2D eigenvalue weighted by Gasteiger charge is 1.85. The van der Waals surface area contributed by atoms with Crippen molar-refractivity contribution < 1.29 is 0 Å². The molecular weight excluding hydrogens is 150 g/mol. The number of nitrogens with zero attached hydrogens (tertiary/aromatic N) is 3. The molecule has 60 valence electrons. The molecule has 3 heteroatoms. The highest BCUT2D eigenvalue weighted by molar-refractivity contribution is 5.79. The van der Waals surface area contributed by atoms with Crippen LogP contribution in [0.2, 0.25) is 0 Å². The molecule has 1 aromatic carbocycles. The Kier molecular flexibility index (Phi) is 2.86. The van der Waals surface area contributed by atoms with Gasteiger partial charge in [-0.1, -0.05) is 30.3 Å². The van der Waals surface area contributed by atoms with Crippen molar-refractivity contribution in [3.8, 4) is 6.19 Å². The summed E-state index contributed by atoms with van der Waals surface area (Å²) >= 11 is 0. The molecule has 1 rings (SSSR count). The van der Waals surface area contributed by atoms with Gasteiger partial charge >= 0.3 is 0 Å². The molecule has 0 saturated carbocycles. The van der Waals surface area contributed by atoms with Gasteiger partial charge in [-0.2, -0.15) is 10.4 Å². The Morgan fingerprint density at radius 2 is 2.08 bits per heavy atom. The van der Waals surface area contributed by atoms with Crippen LogP contribution < -0.4 is 0 Å². The zero-order chi connectivity index (χ0) is 8.81. The lowest BCUT2D eigenvalue weighted by molar-refractivity contribution is 0.513. The van der Waals surface area contributed by atoms with E-state index in [0.29, 0.717) is 0 Å². The summed E-state index contributed by atoms with van der Waals surface area (Å²) in [6.45, 7) is 0. The van der Waals surface area contributed by atoms with Crippen LogP contribution in [-0.4, -0.2) is 18.3 Å². The highest BCUT2D eigenvalue weighted by atomic mass is 15.4. The molecule has 0 aliphatic carbocycles. The minimum atomic E-state index is 0.986. The number of nitriles is 1. The first-order chi connectivity index (χ1) is 5.83. The average molecular weight is 159 g/mol. The molecule has 0 atom stereocenters. The van der Waals surface area contributed by atoms with Crippen LogP contribution >= 0.6 is 0 Å². The minimum absolute atomic E-state index is 0.986. The van der Waals surface area contributed by atoms with Crippen LogP contribution in [-0.2, 0) is 0 Å². The van der Waals surface area contributed by atoms with Gasteiger partial charge in [0.2, 0.25) is 6.19 Å². The number of hydrogen-bond acceptors (Lipinski definition) is 3. The summed E-state index contributed by atoms with van der Waals surface area (Å²) in [6, 6.07) is 9.64. The Morgan fingerprint density at radius 3 is 2.67 bits per heavy atom. The third-order valence-corrected chi connectivity index (χ3v) is 1.32. The molecule has 0 unspecified atom stereocenters. The fourth-order valence-corrected chi connectivity index (χ4v) is 0.718. The molecule has 0 amide bonds. The van der Waals surface area contributed by atoms with Gasteiger partial charge in [0.05, 0.1) is 6.21 Å². The van der Waals surface area contributed by atoms with Crippen molar-refractivity contribution in [2.45, 2.75) is 0 Å². The standard InChI is InChI=1S/C9H9N3/c1-12(8-10)11-7-9-5-3-2-4-6-9/h2-7H,1H3/b11-7+. The normalized spacial score (nSPS) is 9.67. The first kappa shape index (κ1) is 8.28. The van der Waals surface area contributed by atoms with E-state index in [0.717, 1.165) is 5.56 Å². The topological polar surface area (TPSA) is 39.4 Å². The molecule has 0 aromatic heterocycles. The number of benzene rings is 1. The summed E-state index contributed by atoms with van der Waals surface area (Å²) in [4.78, 5) is 0. The van der Waals surface area contributed by atoms with Crippen LogP contribution in [0.1, 0.15) is 5.56 Å². The van der Waals surface area contributed by atoms with Crippen molar-refractivity contribution in [2.24, 2.45) is 5.10 Å². The molecule has 0 aliphatic rings. The van der Waals surface area contributed by atoms with Crippen LogP contribution in [0.25, 0.3) is 0 Å². The summed E-state index contributed by atoms with van der Waals surface area (Å²) in [5.41, 5.74) is 0.986. The first-order valence-electron chi connectivity index (χ1n) is 3.55. The van der Waals surface area contributed by atoms with E-state index in [1.807, 2.05) is 36.5 Å². The molecule has 0 saturated heterocycles. The SMILES string of the molecule is CN(C#N)/N=C/c1ccccc1. The smallest absolute Gasteiger partial charge is 0.201 e. The Morgan fingerprint density at radius 1 is 1.42 bits per heavy atom. The Balaban J connectivity index is 2.65. The largest absolute Gasteiger partial charge is 0.203 e. The molecule has 0 bridgehead atoms. The summed E-state index contributed by atoms with van der Waals surface area (Å²) in [5.74, 6) is 0. The van der Waals surface area contributed by atoms with Crippen LogP contribution in [0, 0.1) is 11.5 Å². The molecular formula is C9H9N3. The number of rotatable bonds is 2. The fraction of sp³-hybridized carbons (Fsp3) is 0.111. The van der Waals surface area contributed by atoms with Crippen LogP contribution in [0.5, 0.6) is 0 Å². The van der Waals surface area contributed by atoms with Gasteiger partial charge in [-0.25, -0.2) is 5.01 Å². The molecule has 1 aromatic rings. The number of hydrazone groups is 1. The molecule has 12 heavy (non-hydrogen) atoms. The van der Waals surface area contributed by atoms with E-state index >= 15 is 0 Å². The van der Waals surface area contributed by atoms with Crippen molar-refractivity contribution in [2.75, 3.05) is 7.05 Å². The first-order valence-corrected chi connectivity index (χ1v) is 3.55. The van der Waals surface area contributed by atoms with Gasteiger partial charge < -0.3 is 0 Å². The van der Waals surface area contributed by atoms with Gasteiger partial charge in [0.15, 0.2) is 0 Å². The maximum absolute atomic E-state index is 8.37. The van der Waals surface area contributed by atoms with E-state index in [4.69, 9.17) is 5.26 Å². The van der Waals surface area contributed by atoms with E-state index in [-0.39, 0.29) is 0 Å². The lowest BCUT2D eigenvalue weighted by Crippen LogP contribution is -2.01. The maximum Gasteiger partial charge on any atom is 0.201 e. The van der Waals surface area contributed by atoms with Gasteiger partial charge in [0.25, 0.3) is 0 Å². The Hall–Kier alpha value is -1.82. The Labute approximate surface area is 71.5 Å².